The van der Waals surface area contributed by atoms with Crippen LogP contribution in [0.2, 0.25) is 0 Å². The molecule has 19 heavy (non-hydrogen) atoms. The molecule has 1 N–H and O–H groups in total. The molecule has 0 aliphatic rings. The van der Waals surface area contributed by atoms with Crippen molar-refractivity contribution in [2.45, 2.75) is 6.92 Å². The van der Waals surface area contributed by atoms with E-state index >= 15 is 0 Å². The second-order valence-corrected chi connectivity index (χ2v) is 3.76. The monoisotopic (exact) mass is 264 g/mol. The smallest absolute Gasteiger partial charge is 0.318 e. The Kier molecular flexibility index (Phi) is 3.69. The Morgan fingerprint density at radius 1 is 1.53 bits per heavy atom. The third-order valence-corrected chi connectivity index (χ3v) is 2.31. The molecule has 0 radical (unpaired) electrons. The van der Waals surface area contributed by atoms with E-state index in [9.17, 15) is 4.39 Å². The second kappa shape index (κ2) is 5.42. The van der Waals surface area contributed by atoms with Crippen molar-refractivity contribution in [3.8, 4) is 6.01 Å². The zero-order valence-electron chi connectivity index (χ0n) is 10.8. The molecule has 0 fully saturated rings. The Labute approximate surface area is 109 Å². The van der Waals surface area contributed by atoms with Gasteiger partial charge >= 0.3 is 6.01 Å². The van der Waals surface area contributed by atoms with Crippen LogP contribution in [0.3, 0.4) is 0 Å². The number of hydrogen-bond donors (Lipinski definition) is 1. The summed E-state index contributed by atoms with van der Waals surface area (Å²) >= 11 is 0. The standard InChI is InChI=1S/C11H13FN6O/c1-7-4-8(18(2)17-7)5-14-16-10-9(12)6-13-11(15-10)19-3/h4-6H,1-3H3,(H,13,15,16)/b14-5+. The van der Waals surface area contributed by atoms with Crippen LogP contribution in [0.15, 0.2) is 17.4 Å². The van der Waals surface area contributed by atoms with E-state index in [0.29, 0.717) is 0 Å². The van der Waals surface area contributed by atoms with E-state index in [-0.39, 0.29) is 11.8 Å². The van der Waals surface area contributed by atoms with Crippen molar-refractivity contribution in [1.29, 1.82) is 0 Å². The average Bonchev–Trinajstić information content (AvgIpc) is 2.70. The van der Waals surface area contributed by atoms with E-state index in [1.807, 2.05) is 13.0 Å². The molecule has 0 amide bonds. The average molecular weight is 264 g/mol. The minimum Gasteiger partial charge on any atom is -0.467 e. The van der Waals surface area contributed by atoms with Crippen molar-refractivity contribution in [2.75, 3.05) is 12.5 Å². The van der Waals surface area contributed by atoms with Gasteiger partial charge in [0.25, 0.3) is 0 Å². The van der Waals surface area contributed by atoms with E-state index in [4.69, 9.17) is 4.74 Å². The molecule has 0 saturated carbocycles. The lowest BCUT2D eigenvalue weighted by atomic mass is 10.4. The summed E-state index contributed by atoms with van der Waals surface area (Å²) in [6, 6.07) is 1.91. The fourth-order valence-corrected chi connectivity index (χ4v) is 1.44. The molecule has 2 rings (SSSR count). The van der Waals surface area contributed by atoms with Crippen molar-refractivity contribution in [1.82, 2.24) is 19.7 Å². The van der Waals surface area contributed by atoms with E-state index in [0.717, 1.165) is 17.6 Å². The first-order valence-electron chi connectivity index (χ1n) is 5.46. The number of methoxy groups -OCH3 is 1. The lowest BCUT2D eigenvalue weighted by Crippen LogP contribution is -2.02. The fourth-order valence-electron chi connectivity index (χ4n) is 1.44. The summed E-state index contributed by atoms with van der Waals surface area (Å²) < 4.78 is 19.8. The van der Waals surface area contributed by atoms with Crippen LogP contribution >= 0.6 is 0 Å². The Morgan fingerprint density at radius 3 is 2.95 bits per heavy atom. The summed E-state index contributed by atoms with van der Waals surface area (Å²) in [6.07, 6.45) is 2.53. The number of aryl methyl sites for hydroxylation is 2. The first-order chi connectivity index (χ1) is 9.10. The molecule has 0 bridgehead atoms. The van der Waals surface area contributed by atoms with Gasteiger partial charge < -0.3 is 4.74 Å². The highest BCUT2D eigenvalue weighted by Gasteiger charge is 2.06. The molecule has 0 aliphatic carbocycles. The van der Waals surface area contributed by atoms with Crippen molar-refractivity contribution >= 4 is 12.0 Å². The Balaban J connectivity index is 2.12. The minimum atomic E-state index is -0.612. The number of hydrazone groups is 1. The van der Waals surface area contributed by atoms with E-state index in [1.54, 1.807) is 11.7 Å². The lowest BCUT2D eigenvalue weighted by molar-refractivity contribution is 0.377. The van der Waals surface area contributed by atoms with Crippen LogP contribution in [0.25, 0.3) is 0 Å². The van der Waals surface area contributed by atoms with Gasteiger partial charge in [0.15, 0.2) is 11.6 Å². The van der Waals surface area contributed by atoms with Gasteiger partial charge in [0.1, 0.15) is 0 Å². The van der Waals surface area contributed by atoms with Crippen LogP contribution in [-0.4, -0.2) is 33.1 Å². The maximum absolute atomic E-state index is 13.4. The third kappa shape index (κ3) is 3.03. The van der Waals surface area contributed by atoms with Crippen LogP contribution in [-0.2, 0) is 7.05 Å². The van der Waals surface area contributed by atoms with E-state index < -0.39 is 5.82 Å². The van der Waals surface area contributed by atoms with Gasteiger partial charge in [-0.2, -0.15) is 15.2 Å². The fraction of sp³-hybridized carbons (Fsp3) is 0.273. The summed E-state index contributed by atoms with van der Waals surface area (Å²) in [7, 11) is 3.20. The Bertz CT molecular complexity index is 609. The molecule has 0 aliphatic heterocycles. The van der Waals surface area contributed by atoms with Crippen LogP contribution in [0.1, 0.15) is 11.4 Å². The molecule has 2 aromatic heterocycles. The third-order valence-electron chi connectivity index (χ3n) is 2.31. The van der Waals surface area contributed by atoms with E-state index in [1.165, 1.54) is 13.3 Å². The zero-order chi connectivity index (χ0) is 13.8. The predicted octanol–water partition coefficient (Wildman–Crippen LogP) is 1.11. The summed E-state index contributed by atoms with van der Waals surface area (Å²) in [5.41, 5.74) is 4.15. The number of rotatable bonds is 4. The highest BCUT2D eigenvalue weighted by atomic mass is 19.1. The van der Waals surface area contributed by atoms with Gasteiger partial charge in [0.2, 0.25) is 0 Å². The number of aromatic nitrogens is 4. The first-order valence-corrected chi connectivity index (χ1v) is 5.46. The van der Waals surface area contributed by atoms with E-state index in [2.05, 4.69) is 25.6 Å². The van der Waals surface area contributed by atoms with Gasteiger partial charge in [-0.3, -0.25) is 10.1 Å². The number of halogens is 1. The highest BCUT2D eigenvalue weighted by Crippen LogP contribution is 2.12. The number of ether oxygens (including phenoxy) is 1. The molecular weight excluding hydrogens is 251 g/mol. The van der Waals surface area contributed by atoms with Crippen molar-refractivity contribution in [3.05, 3.63) is 29.5 Å². The number of nitrogens with zero attached hydrogens (tertiary/aromatic N) is 5. The Morgan fingerprint density at radius 2 is 2.32 bits per heavy atom. The van der Waals surface area contributed by atoms with Crippen molar-refractivity contribution in [3.63, 3.8) is 0 Å². The minimum absolute atomic E-state index is 0.0537. The summed E-state index contributed by atoms with van der Waals surface area (Å²) in [5.74, 6) is -0.666. The number of nitrogens with one attached hydrogen (secondary N) is 1. The number of hydrogen-bond acceptors (Lipinski definition) is 6. The zero-order valence-corrected chi connectivity index (χ0v) is 10.8. The second-order valence-electron chi connectivity index (χ2n) is 3.76. The predicted molar refractivity (Wildman–Crippen MR) is 67.7 cm³/mol. The molecule has 0 unspecified atom stereocenters. The molecular formula is C11H13FN6O. The first kappa shape index (κ1) is 12.9. The molecule has 7 nitrogen and oxygen atoms in total. The van der Waals surface area contributed by atoms with Crippen LogP contribution in [0.5, 0.6) is 6.01 Å². The van der Waals surface area contributed by atoms with Crippen LogP contribution in [0.4, 0.5) is 10.2 Å². The Hall–Kier alpha value is -2.51. The SMILES string of the molecule is COc1ncc(F)c(N/N=C/c2cc(C)nn2C)n1. The molecule has 0 atom stereocenters. The number of anilines is 1. The van der Waals surface area contributed by atoms with Gasteiger partial charge in [-0.1, -0.05) is 0 Å². The molecule has 2 heterocycles. The van der Waals surface area contributed by atoms with Crippen molar-refractivity contribution < 1.29 is 9.13 Å². The molecule has 0 aromatic carbocycles. The van der Waals surface area contributed by atoms with Gasteiger partial charge in [0, 0.05) is 7.05 Å². The van der Waals surface area contributed by atoms with Crippen LogP contribution < -0.4 is 10.2 Å². The maximum atomic E-state index is 13.4. The summed E-state index contributed by atoms with van der Waals surface area (Å²) in [4.78, 5) is 7.42. The highest BCUT2D eigenvalue weighted by molar-refractivity contribution is 5.78. The quantitative estimate of drug-likeness (QED) is 0.661. The van der Waals surface area contributed by atoms with Gasteiger partial charge in [-0.25, -0.2) is 9.37 Å². The van der Waals surface area contributed by atoms with Crippen molar-refractivity contribution in [2.24, 2.45) is 12.1 Å². The molecule has 2 aromatic rings. The molecule has 0 spiro atoms. The topological polar surface area (TPSA) is 77.2 Å². The van der Waals surface area contributed by atoms with Gasteiger partial charge in [-0.05, 0) is 13.0 Å². The molecule has 100 valence electrons. The summed E-state index contributed by atoms with van der Waals surface area (Å²) in [6.45, 7) is 1.87. The van der Waals surface area contributed by atoms with Gasteiger partial charge in [0.05, 0.1) is 30.9 Å². The normalized spacial score (nSPS) is 10.9. The van der Waals surface area contributed by atoms with Crippen LogP contribution in [0, 0.1) is 12.7 Å². The molecule has 0 saturated heterocycles. The maximum Gasteiger partial charge on any atom is 0.318 e. The summed E-state index contributed by atoms with van der Waals surface area (Å²) in [5, 5.41) is 8.06. The lowest BCUT2D eigenvalue weighted by Gasteiger charge is -2.02. The largest absolute Gasteiger partial charge is 0.467 e. The van der Waals surface area contributed by atoms with Gasteiger partial charge in [-0.15, -0.1) is 0 Å². The molecule has 8 heteroatoms.